The Hall–Kier alpha value is -3.61. The van der Waals surface area contributed by atoms with Crippen molar-refractivity contribution in [2.75, 3.05) is 17.7 Å². The lowest BCUT2D eigenvalue weighted by molar-refractivity contribution is -0.116. The maximum absolute atomic E-state index is 12.6. The van der Waals surface area contributed by atoms with Crippen LogP contribution in [0.25, 0.3) is 0 Å². The third-order valence-electron chi connectivity index (χ3n) is 4.17. The summed E-state index contributed by atoms with van der Waals surface area (Å²) in [5, 5.41) is 5.67. The first-order chi connectivity index (χ1) is 13.5. The minimum Gasteiger partial charge on any atom is -0.495 e. The molecule has 28 heavy (non-hydrogen) atoms. The molecule has 0 aliphatic carbocycles. The Kier molecular flexibility index (Phi) is 6.06. The smallest absolute Gasteiger partial charge is 0.255 e. The number of hydrogen-bond acceptors (Lipinski definition) is 4. The summed E-state index contributed by atoms with van der Waals surface area (Å²) < 4.78 is 7.12. The van der Waals surface area contributed by atoms with Crippen LogP contribution in [0.4, 0.5) is 11.4 Å². The maximum Gasteiger partial charge on any atom is 0.255 e. The largest absolute Gasteiger partial charge is 0.495 e. The Balaban J connectivity index is 1.64. The van der Waals surface area contributed by atoms with Crippen LogP contribution >= 0.6 is 0 Å². The molecule has 0 unspecified atom stereocenters. The van der Waals surface area contributed by atoms with Gasteiger partial charge in [0.05, 0.1) is 19.1 Å². The van der Waals surface area contributed by atoms with Gasteiger partial charge < -0.3 is 19.9 Å². The number of rotatable bonds is 7. The number of ether oxygens (including phenoxy) is 1. The van der Waals surface area contributed by atoms with E-state index in [1.807, 2.05) is 29.7 Å². The SMILES string of the molecule is COc1ccc(C)cc1NC(=O)c1cccc(NC(=O)CCn2ccnc2)c1. The van der Waals surface area contributed by atoms with Crippen LogP contribution in [0, 0.1) is 6.92 Å². The fraction of sp³-hybridized carbons (Fsp3) is 0.190. The highest BCUT2D eigenvalue weighted by Gasteiger charge is 2.11. The third-order valence-corrected chi connectivity index (χ3v) is 4.17. The summed E-state index contributed by atoms with van der Waals surface area (Å²) >= 11 is 0. The number of carbonyl (C=O) groups is 2. The summed E-state index contributed by atoms with van der Waals surface area (Å²) in [6, 6.07) is 12.4. The first-order valence-corrected chi connectivity index (χ1v) is 8.87. The molecular formula is C21H22N4O3. The highest BCUT2D eigenvalue weighted by Crippen LogP contribution is 2.26. The van der Waals surface area contributed by atoms with Crippen molar-refractivity contribution in [2.24, 2.45) is 0 Å². The Labute approximate surface area is 163 Å². The average molecular weight is 378 g/mol. The molecule has 2 amide bonds. The van der Waals surface area contributed by atoms with Crippen molar-refractivity contribution in [3.63, 3.8) is 0 Å². The molecule has 2 N–H and O–H groups in total. The van der Waals surface area contributed by atoms with Crippen molar-refractivity contribution >= 4 is 23.2 Å². The standard InChI is InChI=1S/C21H22N4O3/c1-15-6-7-19(28-2)18(12-15)24-21(27)16-4-3-5-17(13-16)23-20(26)8-10-25-11-9-22-14-25/h3-7,9,11-14H,8,10H2,1-2H3,(H,23,26)(H,24,27). The molecule has 0 saturated carbocycles. The van der Waals surface area contributed by atoms with Gasteiger partial charge in [0, 0.05) is 36.6 Å². The Morgan fingerprint density at radius 2 is 2.00 bits per heavy atom. The van der Waals surface area contributed by atoms with Crippen LogP contribution in [0.5, 0.6) is 5.75 Å². The van der Waals surface area contributed by atoms with E-state index in [9.17, 15) is 9.59 Å². The van der Waals surface area contributed by atoms with Gasteiger partial charge in [0.2, 0.25) is 5.91 Å². The molecule has 1 aromatic heterocycles. The molecule has 3 rings (SSSR count). The van der Waals surface area contributed by atoms with Crippen molar-refractivity contribution in [1.82, 2.24) is 9.55 Å². The monoisotopic (exact) mass is 378 g/mol. The Bertz CT molecular complexity index is 968. The number of aryl methyl sites for hydroxylation is 2. The molecule has 0 atom stereocenters. The number of benzene rings is 2. The normalized spacial score (nSPS) is 10.4. The fourth-order valence-corrected chi connectivity index (χ4v) is 2.73. The summed E-state index contributed by atoms with van der Waals surface area (Å²) in [6.45, 7) is 2.48. The lowest BCUT2D eigenvalue weighted by atomic mass is 10.1. The summed E-state index contributed by atoms with van der Waals surface area (Å²) in [6.07, 6.45) is 5.45. The molecule has 1 heterocycles. The van der Waals surface area contributed by atoms with Gasteiger partial charge in [0.15, 0.2) is 0 Å². The van der Waals surface area contributed by atoms with Gasteiger partial charge in [-0.1, -0.05) is 12.1 Å². The molecule has 0 aliphatic heterocycles. The quantitative estimate of drug-likeness (QED) is 0.659. The molecule has 3 aromatic rings. The van der Waals surface area contributed by atoms with Gasteiger partial charge in [-0.3, -0.25) is 9.59 Å². The zero-order valence-corrected chi connectivity index (χ0v) is 15.8. The molecular weight excluding hydrogens is 356 g/mol. The van der Waals surface area contributed by atoms with Gasteiger partial charge in [-0.2, -0.15) is 0 Å². The number of amides is 2. The second-order valence-electron chi connectivity index (χ2n) is 6.34. The van der Waals surface area contributed by atoms with Gasteiger partial charge >= 0.3 is 0 Å². The number of imidazole rings is 1. The van der Waals surface area contributed by atoms with Crippen molar-refractivity contribution in [1.29, 1.82) is 0 Å². The summed E-state index contributed by atoms with van der Waals surface area (Å²) in [7, 11) is 1.56. The van der Waals surface area contributed by atoms with Crippen LogP contribution < -0.4 is 15.4 Å². The average Bonchev–Trinajstić information content (AvgIpc) is 3.20. The molecule has 0 fully saturated rings. The van der Waals surface area contributed by atoms with Gasteiger partial charge in [0.1, 0.15) is 5.75 Å². The molecule has 0 saturated heterocycles. The zero-order valence-electron chi connectivity index (χ0n) is 15.8. The number of carbonyl (C=O) groups excluding carboxylic acids is 2. The highest BCUT2D eigenvalue weighted by molar-refractivity contribution is 6.06. The molecule has 7 nitrogen and oxygen atoms in total. The highest BCUT2D eigenvalue weighted by atomic mass is 16.5. The van der Waals surface area contributed by atoms with Gasteiger partial charge in [-0.05, 0) is 42.8 Å². The number of hydrogen-bond donors (Lipinski definition) is 2. The van der Waals surface area contributed by atoms with Crippen molar-refractivity contribution in [2.45, 2.75) is 19.9 Å². The first-order valence-electron chi connectivity index (χ1n) is 8.87. The second kappa shape index (κ2) is 8.85. The number of nitrogens with one attached hydrogen (secondary N) is 2. The van der Waals surface area contributed by atoms with Gasteiger partial charge in [-0.15, -0.1) is 0 Å². The topological polar surface area (TPSA) is 85.3 Å². The van der Waals surface area contributed by atoms with E-state index in [-0.39, 0.29) is 11.8 Å². The van der Waals surface area contributed by atoms with Crippen LogP contribution in [0.15, 0.2) is 61.2 Å². The molecule has 0 bridgehead atoms. The predicted octanol–water partition coefficient (Wildman–Crippen LogP) is 3.48. The number of nitrogens with zero attached hydrogens (tertiary/aromatic N) is 2. The maximum atomic E-state index is 12.6. The zero-order chi connectivity index (χ0) is 19.9. The van der Waals surface area contributed by atoms with E-state index in [2.05, 4.69) is 15.6 Å². The van der Waals surface area contributed by atoms with E-state index >= 15 is 0 Å². The summed E-state index contributed by atoms with van der Waals surface area (Å²) in [4.78, 5) is 28.7. The van der Waals surface area contributed by atoms with E-state index in [4.69, 9.17) is 4.74 Å². The van der Waals surface area contributed by atoms with Crippen LogP contribution in [0.2, 0.25) is 0 Å². The second-order valence-corrected chi connectivity index (χ2v) is 6.34. The van der Waals surface area contributed by atoms with E-state index in [0.717, 1.165) is 5.56 Å². The molecule has 0 spiro atoms. The molecule has 2 aromatic carbocycles. The minimum absolute atomic E-state index is 0.133. The van der Waals surface area contributed by atoms with Crippen molar-refractivity contribution in [3.05, 3.63) is 72.3 Å². The number of anilines is 2. The van der Waals surface area contributed by atoms with E-state index in [1.165, 1.54) is 0 Å². The minimum atomic E-state index is -0.279. The van der Waals surface area contributed by atoms with Crippen LogP contribution in [-0.4, -0.2) is 28.5 Å². The van der Waals surface area contributed by atoms with Crippen LogP contribution in [0.3, 0.4) is 0 Å². The van der Waals surface area contributed by atoms with Gasteiger partial charge in [0.25, 0.3) is 5.91 Å². The van der Waals surface area contributed by atoms with Crippen molar-refractivity contribution in [3.8, 4) is 5.75 Å². The van der Waals surface area contributed by atoms with Crippen LogP contribution in [-0.2, 0) is 11.3 Å². The number of aromatic nitrogens is 2. The molecule has 0 aliphatic rings. The summed E-state index contributed by atoms with van der Waals surface area (Å²) in [5.74, 6) is 0.174. The van der Waals surface area contributed by atoms with E-state index < -0.39 is 0 Å². The lowest BCUT2D eigenvalue weighted by Gasteiger charge is -2.12. The Morgan fingerprint density at radius 3 is 2.75 bits per heavy atom. The van der Waals surface area contributed by atoms with Crippen LogP contribution in [0.1, 0.15) is 22.3 Å². The van der Waals surface area contributed by atoms with Crippen molar-refractivity contribution < 1.29 is 14.3 Å². The molecule has 0 radical (unpaired) electrons. The summed E-state index contributed by atoms with van der Waals surface area (Å²) in [5.41, 5.74) is 2.62. The third kappa shape index (κ3) is 4.97. The predicted molar refractivity (Wildman–Crippen MR) is 108 cm³/mol. The Morgan fingerprint density at radius 1 is 1.14 bits per heavy atom. The molecule has 144 valence electrons. The van der Waals surface area contributed by atoms with E-state index in [1.54, 1.807) is 50.1 Å². The van der Waals surface area contributed by atoms with E-state index in [0.29, 0.717) is 35.7 Å². The number of methoxy groups -OCH3 is 1. The first kappa shape index (κ1) is 19.2. The fourth-order valence-electron chi connectivity index (χ4n) is 2.73. The molecule has 7 heteroatoms. The lowest BCUT2D eigenvalue weighted by Crippen LogP contribution is -2.16. The van der Waals surface area contributed by atoms with Gasteiger partial charge in [-0.25, -0.2) is 4.98 Å².